The minimum absolute atomic E-state index is 0.0218. The molecule has 43 heavy (non-hydrogen) atoms. The first-order valence-electron chi connectivity index (χ1n) is 13.6. The number of aliphatic hydroxyl groups is 1. The average Bonchev–Trinajstić information content (AvgIpc) is 2.95. The number of anilines is 1. The molecule has 234 valence electrons. The van der Waals surface area contributed by atoms with E-state index in [-0.39, 0.29) is 46.4 Å². The van der Waals surface area contributed by atoms with Crippen molar-refractivity contribution in [2.45, 2.75) is 55.9 Å². The third-order valence-electron chi connectivity index (χ3n) is 7.65. The minimum Gasteiger partial charge on any atom is -0.376 e. The molecule has 0 amide bonds. The molecule has 1 heterocycles. The summed E-state index contributed by atoms with van der Waals surface area (Å²) in [6.07, 6.45) is 0.254. The highest BCUT2D eigenvalue weighted by molar-refractivity contribution is 7.96. The Balaban J connectivity index is 1.73. The van der Waals surface area contributed by atoms with Gasteiger partial charge >= 0.3 is 6.18 Å². The van der Waals surface area contributed by atoms with Crippen molar-refractivity contribution in [3.05, 3.63) is 83.3 Å². The molecule has 1 fully saturated rings. The maximum Gasteiger partial charge on any atom is 0.421 e. The third kappa shape index (κ3) is 6.74. The zero-order chi connectivity index (χ0) is 31.8. The second kappa shape index (κ2) is 12.4. The Morgan fingerprint density at radius 1 is 1.02 bits per heavy atom. The molecule has 0 spiro atoms. The number of halogens is 3. The van der Waals surface area contributed by atoms with Gasteiger partial charge in [0.05, 0.1) is 15.8 Å². The van der Waals surface area contributed by atoms with Crippen molar-refractivity contribution >= 4 is 42.8 Å². The van der Waals surface area contributed by atoms with Crippen LogP contribution in [0, 0.1) is 0 Å². The summed E-state index contributed by atoms with van der Waals surface area (Å²) < 4.78 is 97.7. The number of nitrogens with zero attached hydrogens (tertiary/aromatic N) is 3. The fraction of sp³-hybridized carbons (Fsp3) is 0.414. The SMILES string of the molecule is CC(C)N(C[C@H]1CN(S(=O)(=O)C2=CC=CCC2=S)CCN1c1ccc([C@@](C)(O)C(F)(F)F)cc1)S(=O)(=O)c1ccccc1. The Morgan fingerprint density at radius 3 is 2.21 bits per heavy atom. The highest BCUT2D eigenvalue weighted by atomic mass is 32.2. The zero-order valence-corrected chi connectivity index (χ0v) is 26.3. The fourth-order valence-electron chi connectivity index (χ4n) is 5.10. The number of piperazine rings is 1. The van der Waals surface area contributed by atoms with E-state index in [9.17, 15) is 35.1 Å². The van der Waals surface area contributed by atoms with Crippen LogP contribution in [0.1, 0.15) is 32.8 Å². The van der Waals surface area contributed by atoms with Gasteiger partial charge in [0, 0.05) is 49.2 Å². The van der Waals surface area contributed by atoms with Gasteiger partial charge in [0.25, 0.3) is 0 Å². The number of rotatable bonds is 9. The molecule has 0 radical (unpaired) electrons. The van der Waals surface area contributed by atoms with Crippen molar-refractivity contribution < 1.29 is 35.1 Å². The molecule has 1 saturated heterocycles. The Labute approximate surface area is 256 Å². The number of sulfonamides is 2. The summed E-state index contributed by atoms with van der Waals surface area (Å²) in [7, 11) is -8.00. The lowest BCUT2D eigenvalue weighted by Gasteiger charge is -2.44. The van der Waals surface area contributed by atoms with Crippen molar-refractivity contribution in [1.29, 1.82) is 0 Å². The van der Waals surface area contributed by atoms with Crippen LogP contribution in [-0.4, -0.2) is 79.9 Å². The lowest BCUT2D eigenvalue weighted by Crippen LogP contribution is -2.59. The second-order valence-corrected chi connectivity index (χ2v) is 15.2. The van der Waals surface area contributed by atoms with Gasteiger partial charge in [-0.3, -0.25) is 0 Å². The Kier molecular flexibility index (Phi) is 9.60. The normalized spacial score (nSPS) is 20.4. The maximum absolute atomic E-state index is 13.7. The van der Waals surface area contributed by atoms with Gasteiger partial charge in [-0.15, -0.1) is 0 Å². The number of alkyl halides is 3. The van der Waals surface area contributed by atoms with Gasteiger partial charge in [-0.1, -0.05) is 54.7 Å². The fourth-order valence-corrected chi connectivity index (χ4v) is 8.86. The monoisotopic (exact) mass is 657 g/mol. The molecule has 0 bridgehead atoms. The standard InChI is InChI=1S/C29H34F3N3O5S3/c1-21(2)35(42(37,38)25-9-5-4-6-10-25)20-24-19-33(43(39,40)27-12-8-7-11-26(27)41)17-18-34(24)23-15-13-22(14-16-23)28(3,36)29(30,31)32/h4-10,12-16,21,24,36H,11,17-20H2,1-3H3/t24-,28-/m1/s1. The zero-order valence-electron chi connectivity index (χ0n) is 23.9. The molecule has 0 unspecified atom stereocenters. The largest absolute Gasteiger partial charge is 0.421 e. The van der Waals surface area contributed by atoms with E-state index in [1.807, 2.05) is 0 Å². The second-order valence-electron chi connectivity index (χ2n) is 10.9. The highest BCUT2D eigenvalue weighted by Crippen LogP contribution is 2.39. The van der Waals surface area contributed by atoms with Gasteiger partial charge in [-0.05, 0) is 56.7 Å². The van der Waals surface area contributed by atoms with Crippen molar-refractivity contribution in [3.63, 3.8) is 0 Å². The summed E-state index contributed by atoms with van der Waals surface area (Å²) >= 11 is 5.33. The minimum atomic E-state index is -4.90. The van der Waals surface area contributed by atoms with E-state index in [0.29, 0.717) is 19.0 Å². The van der Waals surface area contributed by atoms with Gasteiger partial charge in [0.1, 0.15) is 0 Å². The van der Waals surface area contributed by atoms with Crippen LogP contribution < -0.4 is 4.90 Å². The molecular weight excluding hydrogens is 624 g/mol. The van der Waals surface area contributed by atoms with E-state index < -0.39 is 43.9 Å². The quantitative estimate of drug-likeness (QED) is 0.394. The molecule has 0 saturated carbocycles. The van der Waals surface area contributed by atoms with Gasteiger partial charge in [-0.25, -0.2) is 16.8 Å². The van der Waals surface area contributed by atoms with Crippen LogP contribution in [0.4, 0.5) is 18.9 Å². The predicted octanol–water partition coefficient (Wildman–Crippen LogP) is 4.59. The van der Waals surface area contributed by atoms with Crippen molar-refractivity contribution in [2.24, 2.45) is 0 Å². The Morgan fingerprint density at radius 2 is 1.65 bits per heavy atom. The molecule has 2 aliphatic rings. The molecule has 4 rings (SSSR count). The topological polar surface area (TPSA) is 98.2 Å². The van der Waals surface area contributed by atoms with Crippen LogP contribution in [0.5, 0.6) is 0 Å². The molecule has 0 aromatic heterocycles. The summed E-state index contributed by atoms with van der Waals surface area (Å²) in [4.78, 5) is 2.18. The molecule has 1 N–H and O–H groups in total. The Hall–Kier alpha value is -2.62. The first-order chi connectivity index (χ1) is 20.0. The summed E-state index contributed by atoms with van der Waals surface area (Å²) in [6, 6.07) is 11.8. The predicted molar refractivity (Wildman–Crippen MR) is 164 cm³/mol. The van der Waals surface area contributed by atoms with Gasteiger partial charge in [-0.2, -0.15) is 21.8 Å². The maximum atomic E-state index is 13.7. The van der Waals surface area contributed by atoms with Gasteiger partial charge in [0.2, 0.25) is 20.0 Å². The molecule has 2 aromatic carbocycles. The molecule has 2 atom stereocenters. The molecule has 8 nitrogen and oxygen atoms in total. The van der Waals surface area contributed by atoms with Crippen LogP contribution in [0.3, 0.4) is 0 Å². The lowest BCUT2D eigenvalue weighted by molar-refractivity contribution is -0.258. The molecule has 2 aromatic rings. The van der Waals surface area contributed by atoms with Gasteiger partial charge < -0.3 is 10.0 Å². The Bertz CT molecular complexity index is 1610. The molecule has 14 heteroatoms. The first-order valence-corrected chi connectivity index (χ1v) is 16.9. The van der Waals surface area contributed by atoms with E-state index in [0.717, 1.165) is 0 Å². The van der Waals surface area contributed by atoms with Crippen molar-refractivity contribution in [2.75, 3.05) is 31.1 Å². The van der Waals surface area contributed by atoms with E-state index in [4.69, 9.17) is 12.2 Å². The summed E-state index contributed by atoms with van der Waals surface area (Å²) in [5.41, 5.74) is -2.97. The van der Waals surface area contributed by atoms with Crippen LogP contribution in [0.25, 0.3) is 0 Å². The van der Waals surface area contributed by atoms with Gasteiger partial charge in [0.15, 0.2) is 5.60 Å². The number of allylic oxidation sites excluding steroid dienone is 4. The summed E-state index contributed by atoms with van der Waals surface area (Å²) in [6.45, 7) is 4.07. The first kappa shape index (κ1) is 33.3. The van der Waals surface area contributed by atoms with Crippen LogP contribution >= 0.6 is 12.2 Å². The summed E-state index contributed by atoms with van der Waals surface area (Å²) in [5, 5.41) is 10.1. The number of benzene rings is 2. The molecular formula is C29H34F3N3O5S3. The summed E-state index contributed by atoms with van der Waals surface area (Å²) in [5.74, 6) is 0. The molecule has 1 aliphatic carbocycles. The molecule has 1 aliphatic heterocycles. The van der Waals surface area contributed by atoms with E-state index >= 15 is 0 Å². The van der Waals surface area contributed by atoms with E-state index in [2.05, 4.69) is 0 Å². The van der Waals surface area contributed by atoms with Crippen LogP contribution in [0.15, 0.2) is 82.6 Å². The number of hydrogen-bond donors (Lipinski definition) is 1. The van der Waals surface area contributed by atoms with E-state index in [1.54, 1.807) is 49.1 Å². The van der Waals surface area contributed by atoms with E-state index in [1.165, 1.54) is 51.1 Å². The lowest BCUT2D eigenvalue weighted by atomic mass is 9.95. The van der Waals surface area contributed by atoms with Crippen molar-refractivity contribution in [1.82, 2.24) is 8.61 Å². The third-order valence-corrected chi connectivity index (χ3v) is 12.2. The number of thiocarbonyl (C=S) groups is 1. The highest BCUT2D eigenvalue weighted by Gasteiger charge is 2.51. The smallest absolute Gasteiger partial charge is 0.376 e. The van der Waals surface area contributed by atoms with Crippen molar-refractivity contribution in [3.8, 4) is 0 Å². The average molecular weight is 658 g/mol. The van der Waals surface area contributed by atoms with Crippen LogP contribution in [-0.2, 0) is 25.6 Å². The number of hydrogen-bond acceptors (Lipinski definition) is 7. The van der Waals surface area contributed by atoms with Crippen LogP contribution in [0.2, 0.25) is 0 Å².